The lowest BCUT2D eigenvalue weighted by atomic mass is 10.1. The first-order valence-corrected chi connectivity index (χ1v) is 8.54. The number of benzene rings is 2. The highest BCUT2D eigenvalue weighted by Crippen LogP contribution is 2.15. The van der Waals surface area contributed by atoms with E-state index in [0.717, 1.165) is 29.1 Å². The number of nitrogens with one attached hydrogen (secondary N) is 2. The highest BCUT2D eigenvalue weighted by Gasteiger charge is 2.03. The number of urea groups is 1. The molecule has 134 valence electrons. The molecule has 0 atom stereocenters. The molecule has 26 heavy (non-hydrogen) atoms. The van der Waals surface area contributed by atoms with Crippen LogP contribution in [0.3, 0.4) is 0 Å². The summed E-state index contributed by atoms with van der Waals surface area (Å²) in [6.07, 6.45) is 5.47. The number of hydrogen-bond acceptors (Lipinski definition) is 3. The highest BCUT2D eigenvalue weighted by molar-refractivity contribution is 5.89. The quantitative estimate of drug-likeness (QED) is 0.683. The fourth-order valence-electron chi connectivity index (χ4n) is 2.59. The van der Waals surface area contributed by atoms with Gasteiger partial charge in [-0.2, -0.15) is 0 Å². The van der Waals surface area contributed by atoms with Crippen LogP contribution in [-0.2, 0) is 13.1 Å². The Morgan fingerprint density at radius 1 is 1.15 bits per heavy atom. The Labute approximate surface area is 152 Å². The fraction of sp³-hybridized carbons (Fsp3) is 0.200. The van der Waals surface area contributed by atoms with Gasteiger partial charge in [0.05, 0.1) is 12.9 Å². The van der Waals surface area contributed by atoms with Crippen LogP contribution in [0.1, 0.15) is 18.1 Å². The summed E-state index contributed by atoms with van der Waals surface area (Å²) >= 11 is 0. The molecule has 0 saturated heterocycles. The van der Waals surface area contributed by atoms with Gasteiger partial charge in [-0.3, -0.25) is 0 Å². The zero-order valence-corrected chi connectivity index (χ0v) is 14.7. The third-order valence-corrected chi connectivity index (χ3v) is 3.79. The number of carbonyl (C=O) groups excluding carboxylic acids is 1. The van der Waals surface area contributed by atoms with E-state index in [1.54, 1.807) is 12.5 Å². The van der Waals surface area contributed by atoms with E-state index in [2.05, 4.69) is 27.8 Å². The van der Waals surface area contributed by atoms with Gasteiger partial charge in [0, 0.05) is 31.2 Å². The Kier molecular flexibility index (Phi) is 5.88. The maximum absolute atomic E-state index is 12.1. The summed E-state index contributed by atoms with van der Waals surface area (Å²) in [6, 6.07) is 15.2. The smallest absolute Gasteiger partial charge is 0.319 e. The molecule has 0 spiro atoms. The van der Waals surface area contributed by atoms with Crippen molar-refractivity contribution in [3.8, 4) is 5.75 Å². The minimum atomic E-state index is -0.242. The van der Waals surface area contributed by atoms with Crippen LogP contribution in [0.15, 0.2) is 67.3 Å². The number of aromatic nitrogens is 2. The predicted octanol–water partition coefficient (Wildman–Crippen LogP) is 3.65. The Bertz CT molecular complexity index is 829. The monoisotopic (exact) mass is 350 g/mol. The first-order chi connectivity index (χ1) is 12.7. The van der Waals surface area contributed by atoms with Crippen LogP contribution in [0.5, 0.6) is 5.75 Å². The lowest BCUT2D eigenvalue weighted by molar-refractivity contribution is 0.251. The fourth-order valence-corrected chi connectivity index (χ4v) is 2.59. The van der Waals surface area contributed by atoms with Crippen molar-refractivity contribution in [2.45, 2.75) is 20.0 Å². The Hall–Kier alpha value is -3.28. The molecule has 1 heterocycles. The zero-order valence-electron chi connectivity index (χ0n) is 14.7. The number of imidazole rings is 1. The molecule has 2 N–H and O–H groups in total. The first-order valence-electron chi connectivity index (χ1n) is 8.54. The number of nitrogens with zero attached hydrogens (tertiary/aromatic N) is 2. The van der Waals surface area contributed by atoms with Gasteiger partial charge < -0.3 is 19.9 Å². The van der Waals surface area contributed by atoms with Crippen LogP contribution in [0.4, 0.5) is 10.5 Å². The van der Waals surface area contributed by atoms with Crippen LogP contribution in [-0.4, -0.2) is 22.2 Å². The van der Waals surface area contributed by atoms with Crippen LogP contribution >= 0.6 is 0 Å². The van der Waals surface area contributed by atoms with Gasteiger partial charge in [0.1, 0.15) is 5.75 Å². The molecule has 0 unspecified atom stereocenters. The number of hydrogen-bond donors (Lipinski definition) is 2. The minimum absolute atomic E-state index is 0.242. The average molecular weight is 350 g/mol. The molecule has 0 radical (unpaired) electrons. The van der Waals surface area contributed by atoms with E-state index in [1.165, 1.54) is 0 Å². The molecule has 0 bridgehead atoms. The molecule has 3 rings (SSSR count). The normalized spacial score (nSPS) is 10.3. The number of rotatable bonds is 7. The van der Waals surface area contributed by atoms with Gasteiger partial charge >= 0.3 is 6.03 Å². The molecule has 0 aliphatic heterocycles. The van der Waals surface area contributed by atoms with Crippen molar-refractivity contribution >= 4 is 11.7 Å². The van der Waals surface area contributed by atoms with E-state index in [0.29, 0.717) is 13.2 Å². The second-order valence-corrected chi connectivity index (χ2v) is 5.82. The summed E-state index contributed by atoms with van der Waals surface area (Å²) in [5, 5.41) is 5.69. The van der Waals surface area contributed by atoms with Crippen molar-refractivity contribution in [3.05, 3.63) is 78.4 Å². The van der Waals surface area contributed by atoms with E-state index in [9.17, 15) is 4.79 Å². The van der Waals surface area contributed by atoms with Crippen LogP contribution < -0.4 is 15.4 Å². The Morgan fingerprint density at radius 3 is 2.69 bits per heavy atom. The number of anilines is 1. The van der Waals surface area contributed by atoms with Gasteiger partial charge in [0.2, 0.25) is 0 Å². The highest BCUT2D eigenvalue weighted by atomic mass is 16.5. The van der Waals surface area contributed by atoms with Gasteiger partial charge in [-0.1, -0.05) is 24.3 Å². The van der Waals surface area contributed by atoms with Crippen LogP contribution in [0.2, 0.25) is 0 Å². The predicted molar refractivity (Wildman–Crippen MR) is 101 cm³/mol. The van der Waals surface area contributed by atoms with Crippen molar-refractivity contribution in [1.29, 1.82) is 0 Å². The van der Waals surface area contributed by atoms with Crippen molar-refractivity contribution in [2.75, 3.05) is 11.9 Å². The van der Waals surface area contributed by atoms with Gasteiger partial charge in [-0.15, -0.1) is 0 Å². The maximum Gasteiger partial charge on any atom is 0.319 e. The molecule has 2 amide bonds. The number of ether oxygens (including phenoxy) is 1. The van der Waals surface area contributed by atoms with E-state index < -0.39 is 0 Å². The molecule has 1 aromatic heterocycles. The Morgan fingerprint density at radius 2 is 1.96 bits per heavy atom. The van der Waals surface area contributed by atoms with Crippen molar-refractivity contribution in [3.63, 3.8) is 0 Å². The summed E-state index contributed by atoms with van der Waals surface area (Å²) in [5.74, 6) is 0.785. The molecule has 0 saturated carbocycles. The van der Waals surface area contributed by atoms with Crippen molar-refractivity contribution < 1.29 is 9.53 Å². The van der Waals surface area contributed by atoms with Gasteiger partial charge in [0.15, 0.2) is 0 Å². The second-order valence-electron chi connectivity index (χ2n) is 5.82. The summed E-state index contributed by atoms with van der Waals surface area (Å²) < 4.78 is 7.39. The average Bonchev–Trinajstić information content (AvgIpc) is 3.15. The van der Waals surface area contributed by atoms with Crippen LogP contribution in [0, 0.1) is 0 Å². The molecule has 0 fully saturated rings. The SMILES string of the molecule is CCOc1ccc(NC(=O)NCc2cccc(Cn3ccnc3)c2)cc1. The minimum Gasteiger partial charge on any atom is -0.494 e. The first kappa shape index (κ1) is 17.5. The second kappa shape index (κ2) is 8.71. The summed E-state index contributed by atoms with van der Waals surface area (Å²) in [6.45, 7) is 3.77. The van der Waals surface area contributed by atoms with Crippen molar-refractivity contribution in [2.24, 2.45) is 0 Å². The lowest BCUT2D eigenvalue weighted by Gasteiger charge is -2.10. The van der Waals surface area contributed by atoms with Gasteiger partial charge in [-0.25, -0.2) is 9.78 Å². The standard InChI is InChI=1S/C20H22N4O2/c1-2-26-19-8-6-18(7-9-19)23-20(25)22-13-16-4-3-5-17(12-16)14-24-11-10-21-15-24/h3-12,15H,2,13-14H2,1H3,(H2,22,23,25). The summed E-state index contributed by atoms with van der Waals surface area (Å²) in [5.41, 5.74) is 2.93. The summed E-state index contributed by atoms with van der Waals surface area (Å²) in [7, 11) is 0. The van der Waals surface area contributed by atoms with E-state index in [-0.39, 0.29) is 6.03 Å². The third-order valence-electron chi connectivity index (χ3n) is 3.79. The molecule has 2 aromatic carbocycles. The molecule has 0 aliphatic rings. The maximum atomic E-state index is 12.1. The zero-order chi connectivity index (χ0) is 18.2. The van der Waals surface area contributed by atoms with E-state index in [1.807, 2.05) is 54.1 Å². The number of amides is 2. The molecule has 6 nitrogen and oxygen atoms in total. The Balaban J connectivity index is 1.51. The van der Waals surface area contributed by atoms with Crippen LogP contribution in [0.25, 0.3) is 0 Å². The van der Waals surface area contributed by atoms with Gasteiger partial charge in [0.25, 0.3) is 0 Å². The molecule has 6 heteroatoms. The van der Waals surface area contributed by atoms with Gasteiger partial charge in [-0.05, 0) is 42.3 Å². The molecule has 0 aliphatic carbocycles. The topological polar surface area (TPSA) is 68.2 Å². The lowest BCUT2D eigenvalue weighted by Crippen LogP contribution is -2.28. The number of carbonyl (C=O) groups is 1. The van der Waals surface area contributed by atoms with E-state index >= 15 is 0 Å². The molecule has 3 aromatic rings. The molecular weight excluding hydrogens is 328 g/mol. The third kappa shape index (κ3) is 5.11. The van der Waals surface area contributed by atoms with Crippen molar-refractivity contribution in [1.82, 2.24) is 14.9 Å². The van der Waals surface area contributed by atoms with E-state index in [4.69, 9.17) is 4.74 Å². The molecular formula is C20H22N4O2. The summed E-state index contributed by atoms with van der Waals surface area (Å²) in [4.78, 5) is 16.1. The largest absolute Gasteiger partial charge is 0.494 e.